The van der Waals surface area contributed by atoms with Crippen molar-refractivity contribution in [3.8, 4) is 17.2 Å². The van der Waals surface area contributed by atoms with Gasteiger partial charge in [-0.2, -0.15) is 0 Å². The number of esters is 4. The van der Waals surface area contributed by atoms with E-state index in [9.17, 15) is 24.0 Å². The summed E-state index contributed by atoms with van der Waals surface area (Å²) in [7, 11) is 1.10. The molecule has 0 saturated carbocycles. The first-order valence-corrected chi connectivity index (χ1v) is 9.01. The number of benzene rings is 2. The van der Waals surface area contributed by atoms with Gasteiger partial charge in [-0.15, -0.1) is 0 Å². The average molecular weight is 428 g/mol. The average Bonchev–Trinajstić information content (AvgIpc) is 2.65. The summed E-state index contributed by atoms with van der Waals surface area (Å²) in [6, 6.07) is 6.84. The van der Waals surface area contributed by atoms with Gasteiger partial charge < -0.3 is 18.9 Å². The molecule has 0 N–H and O–H groups in total. The van der Waals surface area contributed by atoms with Crippen LogP contribution in [0.5, 0.6) is 17.2 Å². The summed E-state index contributed by atoms with van der Waals surface area (Å²) < 4.78 is 20.1. The molecule has 0 amide bonds. The SMILES string of the molecule is COC(=O)c1c(OC(C)=O)cccc1C(=O)c1c(OC(C)=O)cc(C)cc1OC(C)=O. The van der Waals surface area contributed by atoms with Gasteiger partial charge in [-0.1, -0.05) is 6.07 Å². The second-order valence-electron chi connectivity index (χ2n) is 6.42. The number of methoxy groups -OCH3 is 1. The summed E-state index contributed by atoms with van der Waals surface area (Å²) in [4.78, 5) is 60.6. The van der Waals surface area contributed by atoms with Crippen LogP contribution in [-0.4, -0.2) is 36.8 Å². The Bertz CT molecular complexity index is 1050. The summed E-state index contributed by atoms with van der Waals surface area (Å²) in [5, 5.41) is 0. The van der Waals surface area contributed by atoms with E-state index in [1.807, 2.05) is 0 Å². The van der Waals surface area contributed by atoms with Crippen LogP contribution in [0.2, 0.25) is 0 Å². The molecule has 0 bridgehead atoms. The van der Waals surface area contributed by atoms with Crippen LogP contribution in [0.1, 0.15) is 52.6 Å². The molecule has 0 aromatic heterocycles. The molecule has 0 saturated heterocycles. The third-order valence-electron chi connectivity index (χ3n) is 3.86. The molecule has 2 aromatic rings. The molecular weight excluding hydrogens is 408 g/mol. The van der Waals surface area contributed by atoms with E-state index >= 15 is 0 Å². The van der Waals surface area contributed by atoms with Gasteiger partial charge in [0.25, 0.3) is 0 Å². The summed E-state index contributed by atoms with van der Waals surface area (Å²) in [5.41, 5.74) is -0.239. The van der Waals surface area contributed by atoms with Crippen molar-refractivity contribution in [1.29, 1.82) is 0 Å². The van der Waals surface area contributed by atoms with Crippen molar-refractivity contribution < 1.29 is 42.9 Å². The van der Waals surface area contributed by atoms with Gasteiger partial charge in [0.1, 0.15) is 28.4 Å². The van der Waals surface area contributed by atoms with Gasteiger partial charge >= 0.3 is 23.9 Å². The van der Waals surface area contributed by atoms with Crippen LogP contribution >= 0.6 is 0 Å². The molecule has 9 heteroatoms. The molecule has 0 heterocycles. The first-order valence-electron chi connectivity index (χ1n) is 9.01. The highest BCUT2D eigenvalue weighted by atomic mass is 16.6. The number of carbonyl (C=O) groups excluding carboxylic acids is 5. The number of ketones is 1. The van der Waals surface area contributed by atoms with Gasteiger partial charge in [0.05, 0.1) is 7.11 Å². The Morgan fingerprint density at radius 1 is 0.710 bits per heavy atom. The fourth-order valence-electron chi connectivity index (χ4n) is 2.82. The lowest BCUT2D eigenvalue weighted by atomic mass is 9.95. The highest BCUT2D eigenvalue weighted by Gasteiger charge is 2.29. The van der Waals surface area contributed by atoms with Gasteiger partial charge in [0, 0.05) is 26.3 Å². The van der Waals surface area contributed by atoms with Gasteiger partial charge in [-0.05, 0) is 36.8 Å². The number of ether oxygens (including phenoxy) is 4. The Morgan fingerprint density at radius 2 is 1.19 bits per heavy atom. The van der Waals surface area contributed by atoms with Crippen LogP contribution in [-0.2, 0) is 19.1 Å². The van der Waals surface area contributed by atoms with E-state index in [1.165, 1.54) is 30.3 Å². The molecule has 31 heavy (non-hydrogen) atoms. The van der Waals surface area contributed by atoms with Gasteiger partial charge in [0.2, 0.25) is 5.78 Å². The molecule has 9 nitrogen and oxygen atoms in total. The van der Waals surface area contributed by atoms with E-state index in [4.69, 9.17) is 18.9 Å². The molecule has 162 valence electrons. The molecule has 0 fully saturated rings. The lowest BCUT2D eigenvalue weighted by Gasteiger charge is -2.16. The molecule has 0 spiro atoms. The van der Waals surface area contributed by atoms with Gasteiger partial charge in [-0.3, -0.25) is 19.2 Å². The van der Waals surface area contributed by atoms with Crippen LogP contribution in [0.3, 0.4) is 0 Å². The van der Waals surface area contributed by atoms with Crippen molar-refractivity contribution in [2.24, 2.45) is 0 Å². The second-order valence-corrected chi connectivity index (χ2v) is 6.42. The van der Waals surface area contributed by atoms with E-state index < -0.39 is 29.7 Å². The second kappa shape index (κ2) is 9.66. The monoisotopic (exact) mass is 428 g/mol. The Balaban J connectivity index is 2.81. The molecule has 2 rings (SSSR count). The van der Waals surface area contributed by atoms with Crippen LogP contribution in [0, 0.1) is 6.92 Å². The summed E-state index contributed by atoms with van der Waals surface area (Å²) in [6.45, 7) is 5.06. The maximum Gasteiger partial charge on any atom is 0.342 e. The zero-order valence-corrected chi connectivity index (χ0v) is 17.6. The largest absolute Gasteiger partial charge is 0.465 e. The third-order valence-corrected chi connectivity index (χ3v) is 3.86. The third kappa shape index (κ3) is 5.53. The molecule has 0 radical (unpaired) electrons. The van der Waals surface area contributed by atoms with Crippen molar-refractivity contribution in [2.75, 3.05) is 7.11 Å². The molecule has 0 aliphatic heterocycles. The lowest BCUT2D eigenvalue weighted by molar-refractivity contribution is -0.133. The number of aryl methyl sites for hydroxylation is 1. The van der Waals surface area contributed by atoms with Crippen LogP contribution in [0.25, 0.3) is 0 Å². The first kappa shape index (κ1) is 23.3. The van der Waals surface area contributed by atoms with Crippen molar-refractivity contribution in [3.05, 3.63) is 52.6 Å². The Morgan fingerprint density at radius 3 is 1.65 bits per heavy atom. The van der Waals surface area contributed by atoms with Crippen molar-refractivity contribution in [2.45, 2.75) is 27.7 Å². The Hall–Kier alpha value is -4.01. The summed E-state index contributed by atoms with van der Waals surface area (Å²) in [5.74, 6) is -4.42. The predicted octanol–water partition coefficient (Wildman–Crippen LogP) is 2.79. The molecule has 2 aromatic carbocycles. The minimum atomic E-state index is -0.935. The summed E-state index contributed by atoms with van der Waals surface area (Å²) in [6.07, 6.45) is 0. The predicted molar refractivity (Wildman–Crippen MR) is 106 cm³/mol. The minimum Gasteiger partial charge on any atom is -0.465 e. The quantitative estimate of drug-likeness (QED) is 0.388. The van der Waals surface area contributed by atoms with Crippen LogP contribution < -0.4 is 14.2 Å². The lowest BCUT2D eigenvalue weighted by Crippen LogP contribution is -2.17. The number of hydrogen-bond donors (Lipinski definition) is 0. The number of carbonyl (C=O) groups is 5. The topological polar surface area (TPSA) is 122 Å². The first-order chi connectivity index (χ1) is 14.5. The van der Waals surface area contributed by atoms with E-state index in [-0.39, 0.29) is 33.9 Å². The zero-order valence-electron chi connectivity index (χ0n) is 17.6. The smallest absolute Gasteiger partial charge is 0.342 e. The maximum absolute atomic E-state index is 13.5. The fraction of sp³-hybridized carbons (Fsp3) is 0.227. The standard InChI is InChI=1S/C22H20O9/c1-11-9-17(30-13(3)24)20(18(10-11)31-14(4)25)21(26)15-7-6-8-16(29-12(2)23)19(15)22(27)28-5/h6-10H,1-5H3. The highest BCUT2D eigenvalue weighted by molar-refractivity contribution is 6.18. The zero-order chi connectivity index (χ0) is 23.3. The number of hydrogen-bond acceptors (Lipinski definition) is 9. The minimum absolute atomic E-state index is 0.164. The van der Waals surface area contributed by atoms with Crippen molar-refractivity contribution in [1.82, 2.24) is 0 Å². The van der Waals surface area contributed by atoms with Crippen molar-refractivity contribution in [3.63, 3.8) is 0 Å². The van der Waals surface area contributed by atoms with E-state index in [0.29, 0.717) is 5.56 Å². The van der Waals surface area contributed by atoms with Gasteiger partial charge in [0.15, 0.2) is 0 Å². The Labute approximate surface area is 177 Å². The molecule has 0 unspecified atom stereocenters. The molecule has 0 aliphatic carbocycles. The Kier molecular flexibility index (Phi) is 7.25. The maximum atomic E-state index is 13.5. The van der Waals surface area contributed by atoms with E-state index in [0.717, 1.165) is 27.9 Å². The fourth-order valence-corrected chi connectivity index (χ4v) is 2.82. The number of rotatable bonds is 6. The highest BCUT2D eigenvalue weighted by Crippen LogP contribution is 2.35. The molecule has 0 aliphatic rings. The molecule has 0 atom stereocenters. The summed E-state index contributed by atoms with van der Waals surface area (Å²) >= 11 is 0. The van der Waals surface area contributed by atoms with E-state index in [2.05, 4.69) is 0 Å². The van der Waals surface area contributed by atoms with Crippen LogP contribution in [0.15, 0.2) is 30.3 Å². The van der Waals surface area contributed by atoms with E-state index in [1.54, 1.807) is 6.92 Å². The van der Waals surface area contributed by atoms with Crippen LogP contribution in [0.4, 0.5) is 0 Å². The normalized spacial score (nSPS) is 10.1. The van der Waals surface area contributed by atoms with Gasteiger partial charge in [-0.25, -0.2) is 4.79 Å². The molecular formula is C22H20O9. The van der Waals surface area contributed by atoms with Crippen molar-refractivity contribution >= 4 is 29.7 Å².